The molecule has 2 aromatic carbocycles. The summed E-state index contributed by atoms with van der Waals surface area (Å²) >= 11 is 1.72. The number of thiophene rings is 1. The van der Waals surface area contributed by atoms with Crippen LogP contribution in [0.5, 0.6) is 5.75 Å². The van der Waals surface area contributed by atoms with Crippen molar-refractivity contribution in [1.82, 2.24) is 15.8 Å². The van der Waals surface area contributed by atoms with Crippen molar-refractivity contribution in [2.24, 2.45) is 0 Å². The molecular formula is C24H25N3O4S. The van der Waals surface area contributed by atoms with E-state index < -0.39 is 17.9 Å². The maximum Gasteiger partial charge on any atom is 0.279 e. The smallest absolute Gasteiger partial charge is 0.279 e. The van der Waals surface area contributed by atoms with Crippen LogP contribution in [-0.4, -0.2) is 35.3 Å². The van der Waals surface area contributed by atoms with Gasteiger partial charge in [-0.15, -0.1) is 11.3 Å². The summed E-state index contributed by atoms with van der Waals surface area (Å²) in [5.41, 5.74) is 5.91. The minimum Gasteiger partial charge on any atom is -0.481 e. The molecule has 3 aromatic rings. The molecule has 4 rings (SSSR count). The molecule has 0 fully saturated rings. The fraction of sp³-hybridized carbons (Fsp3) is 0.292. The van der Waals surface area contributed by atoms with Gasteiger partial charge in [-0.1, -0.05) is 30.3 Å². The van der Waals surface area contributed by atoms with E-state index in [1.807, 2.05) is 47.8 Å². The Labute approximate surface area is 190 Å². The van der Waals surface area contributed by atoms with E-state index in [-0.39, 0.29) is 18.7 Å². The first-order valence-corrected chi connectivity index (χ1v) is 11.4. The van der Waals surface area contributed by atoms with E-state index in [1.165, 1.54) is 10.4 Å². The number of hydrogen-bond donors (Lipinski definition) is 2. The van der Waals surface area contributed by atoms with Crippen molar-refractivity contribution in [3.8, 4) is 5.75 Å². The van der Waals surface area contributed by atoms with Crippen LogP contribution in [-0.2, 0) is 27.3 Å². The van der Waals surface area contributed by atoms with Gasteiger partial charge in [-0.2, -0.15) is 0 Å². The number of amides is 3. The Bertz CT molecular complexity index is 1140. The second kappa shape index (κ2) is 9.82. The molecule has 1 aliphatic rings. The van der Waals surface area contributed by atoms with Gasteiger partial charge < -0.3 is 9.64 Å². The lowest BCUT2D eigenvalue weighted by Crippen LogP contribution is -2.47. The van der Waals surface area contributed by atoms with E-state index in [9.17, 15) is 14.4 Å². The van der Waals surface area contributed by atoms with Crippen molar-refractivity contribution in [1.29, 1.82) is 0 Å². The molecule has 0 saturated carbocycles. The SMILES string of the molecule is CC(Oc1ccc2ccccc2c1)C(=O)NNC(=O)CCC(=O)N1CCc2sccc2C1. The molecule has 0 spiro atoms. The Morgan fingerprint density at radius 3 is 2.72 bits per heavy atom. The summed E-state index contributed by atoms with van der Waals surface area (Å²) in [7, 11) is 0. The Balaban J connectivity index is 1.19. The van der Waals surface area contributed by atoms with Crippen LogP contribution in [0.1, 0.15) is 30.2 Å². The van der Waals surface area contributed by atoms with Gasteiger partial charge in [0.1, 0.15) is 5.75 Å². The number of hydrazine groups is 1. The third-order valence-electron chi connectivity index (χ3n) is 5.45. The van der Waals surface area contributed by atoms with E-state index in [4.69, 9.17) is 4.74 Å². The van der Waals surface area contributed by atoms with Gasteiger partial charge in [-0.3, -0.25) is 25.2 Å². The summed E-state index contributed by atoms with van der Waals surface area (Å²) in [6.45, 7) is 2.88. The van der Waals surface area contributed by atoms with Gasteiger partial charge in [-0.25, -0.2) is 0 Å². The number of nitrogens with one attached hydrogen (secondary N) is 2. The highest BCUT2D eigenvalue weighted by Gasteiger charge is 2.22. The fourth-order valence-electron chi connectivity index (χ4n) is 3.63. The summed E-state index contributed by atoms with van der Waals surface area (Å²) in [5.74, 6) is -0.383. The van der Waals surface area contributed by atoms with Crippen LogP contribution < -0.4 is 15.6 Å². The molecule has 7 nitrogen and oxygen atoms in total. The number of carbonyl (C=O) groups excluding carboxylic acids is 3. The average Bonchev–Trinajstić information content (AvgIpc) is 3.28. The molecule has 0 saturated heterocycles. The first kappa shape index (κ1) is 21.8. The van der Waals surface area contributed by atoms with Crippen LogP contribution in [0, 0.1) is 0 Å². The molecule has 8 heteroatoms. The highest BCUT2D eigenvalue weighted by molar-refractivity contribution is 7.10. The largest absolute Gasteiger partial charge is 0.481 e. The van der Waals surface area contributed by atoms with E-state index in [0.29, 0.717) is 18.8 Å². The van der Waals surface area contributed by atoms with Crippen LogP contribution in [0.25, 0.3) is 10.8 Å². The molecule has 166 valence electrons. The van der Waals surface area contributed by atoms with Gasteiger partial charge in [0, 0.05) is 30.8 Å². The van der Waals surface area contributed by atoms with Crippen molar-refractivity contribution < 1.29 is 19.1 Å². The second-order valence-corrected chi connectivity index (χ2v) is 8.74. The first-order chi connectivity index (χ1) is 15.5. The molecule has 1 aliphatic heterocycles. The normalized spacial score (nSPS) is 13.8. The Kier molecular flexibility index (Phi) is 6.70. The highest BCUT2D eigenvalue weighted by atomic mass is 32.1. The molecule has 3 amide bonds. The number of nitrogens with zero attached hydrogens (tertiary/aromatic N) is 1. The van der Waals surface area contributed by atoms with Crippen LogP contribution in [0.2, 0.25) is 0 Å². The zero-order chi connectivity index (χ0) is 22.5. The summed E-state index contributed by atoms with van der Waals surface area (Å²) in [6, 6.07) is 15.5. The van der Waals surface area contributed by atoms with Crippen molar-refractivity contribution >= 4 is 39.8 Å². The molecular weight excluding hydrogens is 426 g/mol. The van der Waals surface area contributed by atoms with Gasteiger partial charge in [0.05, 0.1) is 0 Å². The molecule has 1 atom stereocenters. The minimum atomic E-state index is -0.800. The number of hydrogen-bond acceptors (Lipinski definition) is 5. The van der Waals surface area contributed by atoms with Crippen molar-refractivity contribution in [3.63, 3.8) is 0 Å². The van der Waals surface area contributed by atoms with Crippen molar-refractivity contribution in [2.45, 2.75) is 38.8 Å². The number of benzene rings is 2. The standard InChI is InChI=1S/C24H25N3O4S/c1-16(31-20-7-6-17-4-2-3-5-18(17)14-20)24(30)26-25-22(28)8-9-23(29)27-12-10-21-19(15-27)11-13-32-21/h2-7,11,13-14,16H,8-10,12,15H2,1H3,(H,25,28)(H,26,30). The summed E-state index contributed by atoms with van der Waals surface area (Å²) in [5, 5.41) is 4.14. The van der Waals surface area contributed by atoms with E-state index >= 15 is 0 Å². The molecule has 32 heavy (non-hydrogen) atoms. The minimum absolute atomic E-state index is 0.00597. The Hall–Kier alpha value is -3.39. The summed E-state index contributed by atoms with van der Waals surface area (Å²) < 4.78 is 5.69. The lowest BCUT2D eigenvalue weighted by molar-refractivity contribution is -0.135. The van der Waals surface area contributed by atoms with Crippen molar-refractivity contribution in [3.05, 3.63) is 64.4 Å². The van der Waals surface area contributed by atoms with E-state index in [2.05, 4.69) is 10.9 Å². The maximum atomic E-state index is 12.4. The maximum absolute atomic E-state index is 12.4. The second-order valence-electron chi connectivity index (χ2n) is 7.74. The molecule has 1 aromatic heterocycles. The quantitative estimate of drug-likeness (QED) is 0.564. The number of fused-ring (bicyclic) bond motifs is 2. The van der Waals surface area contributed by atoms with Gasteiger partial charge >= 0.3 is 0 Å². The zero-order valence-corrected chi connectivity index (χ0v) is 18.6. The van der Waals surface area contributed by atoms with Crippen LogP contribution in [0.15, 0.2) is 53.9 Å². The summed E-state index contributed by atoms with van der Waals surface area (Å²) in [4.78, 5) is 39.9. The van der Waals surface area contributed by atoms with Gasteiger partial charge in [-0.05, 0) is 53.3 Å². The number of carbonyl (C=O) groups is 3. The van der Waals surface area contributed by atoms with Gasteiger partial charge in [0.25, 0.3) is 5.91 Å². The first-order valence-electron chi connectivity index (χ1n) is 10.6. The zero-order valence-electron chi connectivity index (χ0n) is 17.8. The van der Waals surface area contributed by atoms with Crippen molar-refractivity contribution in [2.75, 3.05) is 6.54 Å². The Morgan fingerprint density at radius 1 is 1.06 bits per heavy atom. The molecule has 2 N–H and O–H groups in total. The molecule has 0 aliphatic carbocycles. The predicted octanol–water partition coefficient (Wildman–Crippen LogP) is 3.18. The third-order valence-corrected chi connectivity index (χ3v) is 6.48. The highest BCUT2D eigenvalue weighted by Crippen LogP contribution is 2.24. The Morgan fingerprint density at radius 2 is 1.88 bits per heavy atom. The predicted molar refractivity (Wildman–Crippen MR) is 123 cm³/mol. The topological polar surface area (TPSA) is 87.7 Å². The number of rotatable bonds is 6. The average molecular weight is 452 g/mol. The van der Waals surface area contributed by atoms with E-state index in [0.717, 1.165) is 17.2 Å². The van der Waals surface area contributed by atoms with Gasteiger partial charge in [0.15, 0.2) is 6.10 Å². The van der Waals surface area contributed by atoms with E-state index in [1.54, 1.807) is 29.2 Å². The van der Waals surface area contributed by atoms with Crippen LogP contribution >= 0.6 is 11.3 Å². The van der Waals surface area contributed by atoms with Gasteiger partial charge in [0.2, 0.25) is 11.8 Å². The summed E-state index contributed by atoms with van der Waals surface area (Å²) in [6.07, 6.45) is 0.165. The molecule has 0 bridgehead atoms. The third kappa shape index (κ3) is 5.26. The monoisotopic (exact) mass is 451 g/mol. The van der Waals surface area contributed by atoms with Crippen LogP contribution in [0.3, 0.4) is 0 Å². The lowest BCUT2D eigenvalue weighted by atomic mass is 10.1. The molecule has 0 radical (unpaired) electrons. The van der Waals surface area contributed by atoms with Crippen LogP contribution in [0.4, 0.5) is 0 Å². The fourth-order valence-corrected chi connectivity index (χ4v) is 4.52. The lowest BCUT2D eigenvalue weighted by Gasteiger charge is -2.27. The number of ether oxygens (including phenoxy) is 1. The molecule has 1 unspecified atom stereocenters. The molecule has 2 heterocycles.